The molecule has 92 valence electrons. The first-order chi connectivity index (χ1) is 9.30. The fourth-order valence-electron chi connectivity index (χ4n) is 2.04. The fraction of sp³-hybridized carbons (Fsp3) is 0.231. The summed E-state index contributed by atoms with van der Waals surface area (Å²) in [5.41, 5.74) is 1.14. The summed E-state index contributed by atoms with van der Waals surface area (Å²) in [6.45, 7) is 1.62. The van der Waals surface area contributed by atoms with Crippen molar-refractivity contribution in [2.45, 2.75) is 6.04 Å². The van der Waals surface area contributed by atoms with Gasteiger partial charge in [0, 0.05) is 25.5 Å². The average molecular weight is 250 g/mol. The number of rotatable bonds is 2. The van der Waals surface area contributed by atoms with E-state index in [1.165, 1.54) is 0 Å². The van der Waals surface area contributed by atoms with Gasteiger partial charge in [0.25, 0.3) is 0 Å². The largest absolute Gasteiger partial charge is 0.352 e. The Kier molecular flexibility index (Phi) is 2.62. The molecule has 0 aliphatic carbocycles. The Morgan fingerprint density at radius 1 is 1.11 bits per heavy atom. The molecule has 1 fully saturated rings. The van der Waals surface area contributed by atoms with Crippen molar-refractivity contribution in [2.24, 2.45) is 0 Å². The first-order valence-electron chi connectivity index (χ1n) is 5.85. The van der Waals surface area contributed by atoms with Gasteiger partial charge in [-0.15, -0.1) is 0 Å². The smallest absolute Gasteiger partial charge is 0.128 e. The van der Waals surface area contributed by atoms with E-state index in [9.17, 15) is 0 Å². The van der Waals surface area contributed by atoms with Gasteiger partial charge in [0.2, 0.25) is 0 Å². The summed E-state index contributed by atoms with van der Waals surface area (Å²) < 4.78 is 1.82. The number of hydrogen-bond donors (Lipinski definition) is 0. The number of aromatic nitrogens is 3. The molecule has 0 saturated carbocycles. The maximum absolute atomic E-state index is 8.75. The molecule has 0 bridgehead atoms. The summed E-state index contributed by atoms with van der Waals surface area (Å²) in [6.07, 6.45) is 4.90. The van der Waals surface area contributed by atoms with E-state index in [2.05, 4.69) is 21.1 Å². The monoisotopic (exact) mass is 250 g/mol. The van der Waals surface area contributed by atoms with E-state index in [1.54, 1.807) is 24.7 Å². The summed E-state index contributed by atoms with van der Waals surface area (Å²) >= 11 is 0. The lowest BCUT2D eigenvalue weighted by Gasteiger charge is -2.40. The highest BCUT2D eigenvalue weighted by Gasteiger charge is 2.29. The van der Waals surface area contributed by atoms with Crippen LogP contribution in [0.5, 0.6) is 0 Å². The van der Waals surface area contributed by atoms with Gasteiger partial charge in [-0.25, -0.2) is 4.98 Å². The molecular weight excluding hydrogens is 240 g/mol. The van der Waals surface area contributed by atoms with E-state index < -0.39 is 0 Å². The van der Waals surface area contributed by atoms with Crippen LogP contribution in [0.3, 0.4) is 0 Å². The Labute approximate surface area is 110 Å². The molecule has 0 aromatic carbocycles. The summed E-state index contributed by atoms with van der Waals surface area (Å²) in [6, 6.07) is 8.00. The van der Waals surface area contributed by atoms with Crippen LogP contribution in [0.2, 0.25) is 0 Å². The highest BCUT2D eigenvalue weighted by atomic mass is 15.4. The maximum Gasteiger partial charge on any atom is 0.128 e. The predicted octanol–water partition coefficient (Wildman–Crippen LogP) is 1.08. The minimum atomic E-state index is 0.277. The van der Waals surface area contributed by atoms with Crippen molar-refractivity contribution in [3.8, 4) is 12.1 Å². The topological polar surface area (TPSA) is 81.5 Å². The summed E-state index contributed by atoms with van der Waals surface area (Å²) in [5, 5.41) is 21.6. The van der Waals surface area contributed by atoms with E-state index >= 15 is 0 Å². The van der Waals surface area contributed by atoms with Gasteiger partial charge in [0.05, 0.1) is 23.4 Å². The molecule has 0 spiro atoms. The van der Waals surface area contributed by atoms with Gasteiger partial charge in [-0.1, -0.05) is 0 Å². The summed E-state index contributed by atoms with van der Waals surface area (Å²) in [5.74, 6) is 0.864. The molecule has 2 aromatic rings. The highest BCUT2D eigenvalue weighted by molar-refractivity contribution is 5.44. The quantitative estimate of drug-likeness (QED) is 0.796. The van der Waals surface area contributed by atoms with Crippen molar-refractivity contribution < 1.29 is 0 Å². The molecule has 0 radical (unpaired) electrons. The molecule has 1 saturated heterocycles. The second-order valence-corrected chi connectivity index (χ2v) is 4.40. The Morgan fingerprint density at radius 2 is 1.89 bits per heavy atom. The van der Waals surface area contributed by atoms with Crippen LogP contribution < -0.4 is 4.90 Å². The fourth-order valence-corrected chi connectivity index (χ4v) is 2.04. The molecule has 3 heterocycles. The zero-order valence-electron chi connectivity index (χ0n) is 10.1. The van der Waals surface area contributed by atoms with Crippen LogP contribution in [0.4, 0.5) is 5.82 Å². The first kappa shape index (κ1) is 11.2. The molecule has 19 heavy (non-hydrogen) atoms. The van der Waals surface area contributed by atoms with Crippen LogP contribution in [-0.4, -0.2) is 27.9 Å². The van der Waals surface area contributed by atoms with Gasteiger partial charge in [-0.3, -0.25) is 4.68 Å². The van der Waals surface area contributed by atoms with Gasteiger partial charge in [0.1, 0.15) is 18.0 Å². The third-order valence-electron chi connectivity index (χ3n) is 3.17. The SMILES string of the molecule is N#Cc1ccc(N2CC(n3cc(C#N)cn3)C2)nc1. The molecule has 3 rings (SSSR count). The number of nitrogens with zero attached hydrogens (tertiary/aromatic N) is 6. The minimum Gasteiger partial charge on any atom is -0.352 e. The normalized spacial score (nSPS) is 14.5. The Hall–Kier alpha value is -2.86. The van der Waals surface area contributed by atoms with Crippen molar-refractivity contribution in [1.29, 1.82) is 10.5 Å². The van der Waals surface area contributed by atoms with Gasteiger partial charge < -0.3 is 4.90 Å². The van der Waals surface area contributed by atoms with Crippen molar-refractivity contribution in [1.82, 2.24) is 14.8 Å². The van der Waals surface area contributed by atoms with Gasteiger partial charge in [-0.05, 0) is 12.1 Å². The maximum atomic E-state index is 8.75. The molecular formula is C13H10N6. The van der Waals surface area contributed by atoms with Gasteiger partial charge >= 0.3 is 0 Å². The second-order valence-electron chi connectivity index (χ2n) is 4.40. The van der Waals surface area contributed by atoms with Crippen molar-refractivity contribution in [2.75, 3.05) is 18.0 Å². The molecule has 0 N–H and O–H groups in total. The Bertz CT molecular complexity index is 666. The average Bonchev–Trinajstić information content (AvgIpc) is 2.86. The zero-order chi connectivity index (χ0) is 13.2. The van der Waals surface area contributed by atoms with E-state index in [0.29, 0.717) is 11.1 Å². The number of nitriles is 2. The van der Waals surface area contributed by atoms with E-state index in [0.717, 1.165) is 18.9 Å². The van der Waals surface area contributed by atoms with E-state index in [4.69, 9.17) is 10.5 Å². The number of pyridine rings is 1. The lowest BCUT2D eigenvalue weighted by Crippen LogP contribution is -2.48. The summed E-state index contributed by atoms with van der Waals surface area (Å²) in [7, 11) is 0. The molecule has 1 aliphatic rings. The third-order valence-corrected chi connectivity index (χ3v) is 3.17. The van der Waals surface area contributed by atoms with Crippen LogP contribution in [0.1, 0.15) is 17.2 Å². The first-order valence-corrected chi connectivity index (χ1v) is 5.85. The third kappa shape index (κ3) is 2.00. The lowest BCUT2D eigenvalue weighted by atomic mass is 10.1. The lowest BCUT2D eigenvalue weighted by molar-refractivity contribution is 0.366. The highest BCUT2D eigenvalue weighted by Crippen LogP contribution is 2.25. The Balaban J connectivity index is 1.66. The summed E-state index contributed by atoms with van der Waals surface area (Å²) in [4.78, 5) is 6.35. The molecule has 0 amide bonds. The predicted molar refractivity (Wildman–Crippen MR) is 67.1 cm³/mol. The second kappa shape index (κ2) is 4.43. The van der Waals surface area contributed by atoms with Crippen molar-refractivity contribution >= 4 is 5.82 Å². The van der Waals surface area contributed by atoms with Gasteiger partial charge in [0.15, 0.2) is 0 Å². The van der Waals surface area contributed by atoms with E-state index in [-0.39, 0.29) is 6.04 Å². The molecule has 2 aromatic heterocycles. The molecule has 0 unspecified atom stereocenters. The Morgan fingerprint density at radius 3 is 2.47 bits per heavy atom. The molecule has 0 atom stereocenters. The van der Waals surface area contributed by atoms with Crippen LogP contribution >= 0.6 is 0 Å². The standard InChI is InChI=1S/C13H10N6/c14-3-10-1-2-13(16-5-10)18-8-12(9-18)19-7-11(4-15)6-17-19/h1-2,5-7,12H,8-9H2. The van der Waals surface area contributed by atoms with Crippen LogP contribution in [0, 0.1) is 22.7 Å². The van der Waals surface area contributed by atoms with Crippen molar-refractivity contribution in [3.63, 3.8) is 0 Å². The van der Waals surface area contributed by atoms with Crippen LogP contribution in [-0.2, 0) is 0 Å². The van der Waals surface area contributed by atoms with Crippen LogP contribution in [0.25, 0.3) is 0 Å². The minimum absolute atomic E-state index is 0.277. The zero-order valence-corrected chi connectivity index (χ0v) is 10.1. The van der Waals surface area contributed by atoms with E-state index in [1.807, 2.05) is 16.8 Å². The molecule has 1 aliphatic heterocycles. The molecule has 6 heteroatoms. The molecule has 6 nitrogen and oxygen atoms in total. The van der Waals surface area contributed by atoms with Gasteiger partial charge in [-0.2, -0.15) is 15.6 Å². The van der Waals surface area contributed by atoms with Crippen molar-refractivity contribution in [3.05, 3.63) is 41.9 Å². The number of hydrogen-bond acceptors (Lipinski definition) is 5. The number of anilines is 1. The van der Waals surface area contributed by atoms with Crippen LogP contribution in [0.15, 0.2) is 30.7 Å².